The molecule has 0 spiro atoms. The Kier molecular flexibility index (Phi) is 4.42. The molecule has 0 saturated heterocycles. The number of aliphatic carboxylic acids is 1. The van der Waals surface area contributed by atoms with E-state index in [0.29, 0.717) is 5.69 Å². The third-order valence-corrected chi connectivity index (χ3v) is 2.46. The molecule has 1 amide bonds. The van der Waals surface area contributed by atoms with Crippen LogP contribution in [-0.2, 0) is 16.0 Å². The zero-order chi connectivity index (χ0) is 13.8. The molecule has 1 heterocycles. The molecule has 1 N–H and O–H groups in total. The zero-order valence-electron chi connectivity index (χ0n) is 10.9. The number of hydrogen-bond donors (Lipinski definition) is 1. The maximum Gasteiger partial charge on any atom is 0.323 e. The lowest BCUT2D eigenvalue weighted by molar-refractivity contribution is -0.147. The van der Waals surface area contributed by atoms with Crippen molar-refractivity contribution < 1.29 is 14.7 Å². The van der Waals surface area contributed by atoms with Gasteiger partial charge in [-0.3, -0.25) is 14.6 Å². The lowest BCUT2D eigenvalue weighted by Crippen LogP contribution is -2.48. The van der Waals surface area contributed by atoms with Gasteiger partial charge in [0.2, 0.25) is 5.91 Å². The Hall–Kier alpha value is -1.91. The average Bonchev–Trinajstić information content (AvgIpc) is 2.25. The summed E-state index contributed by atoms with van der Waals surface area (Å²) in [5.41, 5.74) is 0.117. The zero-order valence-corrected chi connectivity index (χ0v) is 10.9. The van der Waals surface area contributed by atoms with Crippen LogP contribution in [0.1, 0.15) is 26.5 Å². The van der Waals surface area contributed by atoms with Crippen LogP contribution in [-0.4, -0.2) is 39.0 Å². The molecule has 18 heavy (non-hydrogen) atoms. The summed E-state index contributed by atoms with van der Waals surface area (Å²) in [6.45, 7) is 5.14. The second kappa shape index (κ2) is 5.62. The van der Waals surface area contributed by atoms with E-state index in [-0.39, 0.29) is 18.9 Å². The molecule has 0 aliphatic heterocycles. The number of amides is 1. The number of pyridine rings is 1. The van der Waals surface area contributed by atoms with Gasteiger partial charge in [-0.05, 0) is 32.9 Å². The van der Waals surface area contributed by atoms with Gasteiger partial charge in [-0.25, -0.2) is 0 Å². The molecule has 0 unspecified atom stereocenters. The monoisotopic (exact) mass is 250 g/mol. The van der Waals surface area contributed by atoms with Crippen molar-refractivity contribution in [2.75, 3.05) is 6.54 Å². The van der Waals surface area contributed by atoms with Crippen molar-refractivity contribution in [3.63, 3.8) is 0 Å². The van der Waals surface area contributed by atoms with Crippen molar-refractivity contribution in [2.24, 2.45) is 0 Å². The molecular weight excluding hydrogens is 232 g/mol. The first-order valence-electron chi connectivity index (χ1n) is 5.73. The van der Waals surface area contributed by atoms with E-state index in [1.54, 1.807) is 24.4 Å². The van der Waals surface area contributed by atoms with Crippen LogP contribution in [0.25, 0.3) is 0 Å². The molecule has 0 radical (unpaired) electrons. The molecule has 0 aliphatic carbocycles. The van der Waals surface area contributed by atoms with Gasteiger partial charge < -0.3 is 10.0 Å². The summed E-state index contributed by atoms with van der Waals surface area (Å²) in [6.07, 6.45) is 1.73. The summed E-state index contributed by atoms with van der Waals surface area (Å²) in [5, 5.41) is 8.85. The van der Waals surface area contributed by atoms with Gasteiger partial charge in [0.05, 0.1) is 6.42 Å². The van der Waals surface area contributed by atoms with Crippen LogP contribution in [0.2, 0.25) is 0 Å². The quantitative estimate of drug-likeness (QED) is 0.875. The smallest absolute Gasteiger partial charge is 0.323 e. The number of carbonyl (C=O) groups excluding carboxylic acids is 1. The highest BCUT2D eigenvalue weighted by Gasteiger charge is 2.28. The van der Waals surface area contributed by atoms with Gasteiger partial charge in [-0.1, -0.05) is 6.07 Å². The van der Waals surface area contributed by atoms with E-state index in [2.05, 4.69) is 4.98 Å². The Morgan fingerprint density at radius 1 is 1.33 bits per heavy atom. The average molecular weight is 250 g/mol. The van der Waals surface area contributed by atoms with E-state index >= 15 is 0 Å². The summed E-state index contributed by atoms with van der Waals surface area (Å²) < 4.78 is 0. The van der Waals surface area contributed by atoms with E-state index < -0.39 is 11.5 Å². The molecule has 98 valence electrons. The molecule has 5 nitrogen and oxygen atoms in total. The molecule has 0 saturated carbocycles. The Labute approximate surface area is 106 Å². The molecule has 0 aromatic carbocycles. The largest absolute Gasteiger partial charge is 0.480 e. The van der Waals surface area contributed by atoms with Crippen molar-refractivity contribution in [2.45, 2.75) is 32.7 Å². The van der Waals surface area contributed by atoms with Crippen molar-refractivity contribution in [1.29, 1.82) is 0 Å². The molecule has 5 heteroatoms. The predicted molar refractivity (Wildman–Crippen MR) is 67.0 cm³/mol. The maximum atomic E-state index is 12.1. The summed E-state index contributed by atoms with van der Waals surface area (Å²) in [7, 11) is 0. The highest BCUT2D eigenvalue weighted by Crippen LogP contribution is 2.14. The van der Waals surface area contributed by atoms with Gasteiger partial charge in [0.25, 0.3) is 0 Å². The molecule has 1 aromatic heterocycles. The first kappa shape index (κ1) is 14.2. The van der Waals surface area contributed by atoms with Crippen LogP contribution in [0.3, 0.4) is 0 Å². The van der Waals surface area contributed by atoms with E-state index in [0.717, 1.165) is 0 Å². The standard InChI is InChI=1S/C13H18N2O3/c1-13(2,3)15(9-12(17)18)11(16)8-10-6-4-5-7-14-10/h4-7H,8-9H2,1-3H3,(H,17,18). The van der Waals surface area contributed by atoms with Crippen LogP contribution >= 0.6 is 0 Å². The van der Waals surface area contributed by atoms with Crippen molar-refractivity contribution in [1.82, 2.24) is 9.88 Å². The normalized spacial score (nSPS) is 11.1. The molecule has 0 bridgehead atoms. The number of aromatic nitrogens is 1. The summed E-state index contributed by atoms with van der Waals surface area (Å²) in [4.78, 5) is 28.3. The van der Waals surface area contributed by atoms with Crippen molar-refractivity contribution >= 4 is 11.9 Å². The number of nitrogens with zero attached hydrogens (tertiary/aromatic N) is 2. The number of carboxylic acids is 1. The predicted octanol–water partition coefficient (Wildman–Crippen LogP) is 1.34. The van der Waals surface area contributed by atoms with Gasteiger partial charge in [0.15, 0.2) is 0 Å². The maximum absolute atomic E-state index is 12.1. The fraction of sp³-hybridized carbons (Fsp3) is 0.462. The van der Waals surface area contributed by atoms with E-state index in [9.17, 15) is 9.59 Å². The highest BCUT2D eigenvalue weighted by atomic mass is 16.4. The minimum Gasteiger partial charge on any atom is -0.480 e. The van der Waals surface area contributed by atoms with Gasteiger partial charge in [0.1, 0.15) is 6.54 Å². The topological polar surface area (TPSA) is 70.5 Å². The lowest BCUT2D eigenvalue weighted by atomic mass is 10.0. The Balaban J connectivity index is 2.80. The highest BCUT2D eigenvalue weighted by molar-refractivity contribution is 5.83. The van der Waals surface area contributed by atoms with Crippen molar-refractivity contribution in [3.05, 3.63) is 30.1 Å². The molecule has 0 atom stereocenters. The number of carbonyl (C=O) groups is 2. The van der Waals surface area contributed by atoms with Crippen LogP contribution < -0.4 is 0 Å². The van der Waals surface area contributed by atoms with Crippen molar-refractivity contribution in [3.8, 4) is 0 Å². The van der Waals surface area contributed by atoms with Gasteiger partial charge >= 0.3 is 5.97 Å². The van der Waals surface area contributed by atoms with Crippen LogP contribution in [0.5, 0.6) is 0 Å². The van der Waals surface area contributed by atoms with Crippen LogP contribution in [0.4, 0.5) is 0 Å². The molecule has 0 fully saturated rings. The second-order valence-corrected chi connectivity index (χ2v) is 5.04. The SMILES string of the molecule is CC(C)(C)N(CC(=O)O)C(=O)Cc1ccccn1. The van der Waals surface area contributed by atoms with E-state index in [4.69, 9.17) is 5.11 Å². The number of carboxylic acid groups (broad SMARTS) is 1. The fourth-order valence-electron chi connectivity index (χ4n) is 1.59. The van der Waals surface area contributed by atoms with Crippen LogP contribution in [0, 0.1) is 0 Å². The number of hydrogen-bond acceptors (Lipinski definition) is 3. The van der Waals surface area contributed by atoms with Gasteiger partial charge in [0, 0.05) is 17.4 Å². The fourth-order valence-corrected chi connectivity index (χ4v) is 1.59. The molecule has 1 aromatic rings. The minimum atomic E-state index is -1.01. The minimum absolute atomic E-state index is 0.116. The molecule has 1 rings (SSSR count). The lowest BCUT2D eigenvalue weighted by Gasteiger charge is -2.34. The van der Waals surface area contributed by atoms with E-state index in [1.807, 2.05) is 20.8 Å². The van der Waals surface area contributed by atoms with Crippen LogP contribution in [0.15, 0.2) is 24.4 Å². The number of rotatable bonds is 4. The summed E-state index contributed by atoms with van der Waals surface area (Å²) in [5.74, 6) is -1.25. The first-order chi connectivity index (χ1) is 8.30. The summed E-state index contributed by atoms with van der Waals surface area (Å²) >= 11 is 0. The third-order valence-electron chi connectivity index (χ3n) is 2.46. The first-order valence-corrected chi connectivity index (χ1v) is 5.73. The molecular formula is C13H18N2O3. The molecule has 0 aliphatic rings. The Bertz CT molecular complexity index is 424. The Morgan fingerprint density at radius 3 is 2.44 bits per heavy atom. The second-order valence-electron chi connectivity index (χ2n) is 5.04. The Morgan fingerprint density at radius 2 is 2.00 bits per heavy atom. The van der Waals surface area contributed by atoms with Gasteiger partial charge in [-0.15, -0.1) is 0 Å². The van der Waals surface area contributed by atoms with E-state index in [1.165, 1.54) is 4.90 Å². The summed E-state index contributed by atoms with van der Waals surface area (Å²) in [6, 6.07) is 5.32. The third kappa shape index (κ3) is 4.16. The van der Waals surface area contributed by atoms with Gasteiger partial charge in [-0.2, -0.15) is 0 Å².